The van der Waals surface area contributed by atoms with E-state index in [1.165, 1.54) is 0 Å². The number of sulfone groups is 1. The first-order valence-corrected chi connectivity index (χ1v) is 8.16. The van der Waals surface area contributed by atoms with E-state index in [1.807, 2.05) is 26.0 Å². The summed E-state index contributed by atoms with van der Waals surface area (Å²) in [5.41, 5.74) is 1.66. The fourth-order valence-electron chi connectivity index (χ4n) is 1.92. The maximum Gasteiger partial charge on any atom is 0.151 e. The van der Waals surface area contributed by atoms with Crippen molar-refractivity contribution in [2.45, 2.75) is 32.9 Å². The van der Waals surface area contributed by atoms with E-state index in [4.69, 9.17) is 5.26 Å². The summed E-state index contributed by atoms with van der Waals surface area (Å²) in [7, 11) is -2.96. The lowest BCUT2D eigenvalue weighted by atomic mass is 10.1. The zero-order chi connectivity index (χ0) is 14.5. The van der Waals surface area contributed by atoms with Crippen molar-refractivity contribution in [2.75, 3.05) is 11.5 Å². The Morgan fingerprint density at radius 3 is 2.32 bits per heavy atom. The van der Waals surface area contributed by atoms with Crippen LogP contribution in [0.15, 0.2) is 24.3 Å². The Balaban J connectivity index is 2.64. The summed E-state index contributed by atoms with van der Waals surface area (Å²) in [5.74, 6) is 0.314. The van der Waals surface area contributed by atoms with Gasteiger partial charge in [0.25, 0.3) is 0 Å². The molecule has 0 radical (unpaired) electrons. The highest BCUT2D eigenvalue weighted by molar-refractivity contribution is 7.91. The van der Waals surface area contributed by atoms with Crippen molar-refractivity contribution >= 4 is 9.84 Å². The molecule has 0 heterocycles. The van der Waals surface area contributed by atoms with Crippen molar-refractivity contribution in [3.05, 3.63) is 35.4 Å². The highest BCUT2D eigenvalue weighted by atomic mass is 32.2. The molecule has 2 unspecified atom stereocenters. The third-order valence-electron chi connectivity index (χ3n) is 3.02. The highest BCUT2D eigenvalue weighted by Gasteiger charge is 2.16. The van der Waals surface area contributed by atoms with Crippen LogP contribution < -0.4 is 5.32 Å². The van der Waals surface area contributed by atoms with Crippen molar-refractivity contribution in [2.24, 2.45) is 0 Å². The van der Waals surface area contributed by atoms with Crippen LogP contribution in [0.4, 0.5) is 0 Å². The lowest BCUT2D eigenvalue weighted by Gasteiger charge is -2.20. The van der Waals surface area contributed by atoms with Crippen molar-refractivity contribution in [1.82, 2.24) is 5.32 Å². The van der Waals surface area contributed by atoms with E-state index in [0.29, 0.717) is 5.56 Å². The van der Waals surface area contributed by atoms with Crippen LogP contribution in [0.1, 0.15) is 37.9 Å². The van der Waals surface area contributed by atoms with E-state index < -0.39 is 9.84 Å². The maximum atomic E-state index is 11.5. The summed E-state index contributed by atoms with van der Waals surface area (Å²) in [6.07, 6.45) is 0. The van der Waals surface area contributed by atoms with E-state index in [-0.39, 0.29) is 23.6 Å². The van der Waals surface area contributed by atoms with Crippen molar-refractivity contribution in [3.63, 3.8) is 0 Å². The van der Waals surface area contributed by atoms with E-state index in [1.54, 1.807) is 19.1 Å². The molecule has 0 amide bonds. The summed E-state index contributed by atoms with van der Waals surface area (Å²) in [6, 6.07) is 9.32. The number of nitriles is 1. The number of rotatable bonds is 6. The molecule has 5 heteroatoms. The molecule has 19 heavy (non-hydrogen) atoms. The molecule has 4 nitrogen and oxygen atoms in total. The zero-order valence-corrected chi connectivity index (χ0v) is 12.4. The van der Waals surface area contributed by atoms with Gasteiger partial charge in [-0.15, -0.1) is 0 Å². The van der Waals surface area contributed by atoms with Gasteiger partial charge in [-0.3, -0.25) is 0 Å². The van der Waals surface area contributed by atoms with Crippen molar-refractivity contribution in [3.8, 4) is 6.07 Å². The SMILES string of the molecule is CCS(=O)(=O)CC(C)NC(C)c1ccc(C#N)cc1. The number of hydrogen-bond acceptors (Lipinski definition) is 4. The molecule has 0 aliphatic rings. The number of nitrogens with one attached hydrogen (secondary N) is 1. The standard InChI is InChI=1S/C14H20N2O2S/c1-4-19(17,18)10-11(2)16-12(3)14-7-5-13(9-15)6-8-14/h5-8,11-12,16H,4,10H2,1-3H3. The Hall–Kier alpha value is -1.38. The molecule has 1 N–H and O–H groups in total. The molecule has 0 saturated heterocycles. The normalized spacial score (nSPS) is 14.6. The second kappa shape index (κ2) is 6.69. The average molecular weight is 280 g/mol. The molecule has 0 aromatic heterocycles. The van der Waals surface area contributed by atoms with Gasteiger partial charge in [-0.25, -0.2) is 8.42 Å². The lowest BCUT2D eigenvalue weighted by molar-refractivity contribution is 0.500. The van der Waals surface area contributed by atoms with Gasteiger partial charge in [0.15, 0.2) is 9.84 Å². The molecule has 2 atom stereocenters. The van der Waals surface area contributed by atoms with Gasteiger partial charge in [0.05, 0.1) is 17.4 Å². The van der Waals surface area contributed by atoms with E-state index in [9.17, 15) is 8.42 Å². The molecule has 104 valence electrons. The summed E-state index contributed by atoms with van der Waals surface area (Å²) < 4.78 is 23.1. The Morgan fingerprint density at radius 1 is 1.26 bits per heavy atom. The Morgan fingerprint density at radius 2 is 1.84 bits per heavy atom. The third-order valence-corrected chi connectivity index (χ3v) is 4.91. The van der Waals surface area contributed by atoms with Crippen LogP contribution in [0.3, 0.4) is 0 Å². The molecule has 0 fully saturated rings. The monoisotopic (exact) mass is 280 g/mol. The largest absolute Gasteiger partial charge is 0.307 e. The molecule has 1 rings (SSSR count). The summed E-state index contributed by atoms with van der Waals surface area (Å²) in [5, 5.41) is 12.0. The van der Waals surface area contributed by atoms with Crippen LogP contribution in [0.5, 0.6) is 0 Å². The fourth-order valence-corrected chi connectivity index (χ4v) is 3.01. The minimum Gasteiger partial charge on any atom is -0.307 e. The first-order chi connectivity index (χ1) is 8.88. The summed E-state index contributed by atoms with van der Waals surface area (Å²) in [4.78, 5) is 0. The number of hydrogen-bond donors (Lipinski definition) is 1. The van der Waals surface area contributed by atoms with Gasteiger partial charge in [-0.1, -0.05) is 19.1 Å². The Bertz CT molecular complexity index is 544. The maximum absolute atomic E-state index is 11.5. The molecule has 0 aliphatic carbocycles. The number of benzene rings is 1. The highest BCUT2D eigenvalue weighted by Crippen LogP contribution is 2.14. The molecular formula is C14H20N2O2S. The minimum atomic E-state index is -2.96. The van der Waals surface area contributed by atoms with Crippen LogP contribution in [-0.2, 0) is 9.84 Å². The van der Waals surface area contributed by atoms with Crippen LogP contribution in [-0.4, -0.2) is 26.0 Å². The Kier molecular flexibility index (Phi) is 5.52. The van der Waals surface area contributed by atoms with Crippen LogP contribution in [0.2, 0.25) is 0 Å². The van der Waals surface area contributed by atoms with Gasteiger partial charge in [-0.2, -0.15) is 5.26 Å². The minimum absolute atomic E-state index is 0.0507. The molecule has 0 saturated carbocycles. The van der Waals surface area contributed by atoms with Crippen LogP contribution in [0.25, 0.3) is 0 Å². The smallest absolute Gasteiger partial charge is 0.151 e. The van der Waals surface area contributed by atoms with Gasteiger partial charge in [-0.05, 0) is 31.5 Å². The van der Waals surface area contributed by atoms with Crippen LogP contribution in [0, 0.1) is 11.3 Å². The fraction of sp³-hybridized carbons (Fsp3) is 0.500. The van der Waals surface area contributed by atoms with Gasteiger partial charge >= 0.3 is 0 Å². The van der Waals surface area contributed by atoms with Gasteiger partial charge < -0.3 is 5.32 Å². The van der Waals surface area contributed by atoms with E-state index in [2.05, 4.69) is 11.4 Å². The first-order valence-electron chi connectivity index (χ1n) is 6.34. The predicted molar refractivity (Wildman–Crippen MR) is 76.5 cm³/mol. The lowest BCUT2D eigenvalue weighted by Crippen LogP contribution is -2.35. The summed E-state index contributed by atoms with van der Waals surface area (Å²) >= 11 is 0. The second-order valence-corrected chi connectivity index (χ2v) is 7.12. The molecule has 0 spiro atoms. The van der Waals surface area contributed by atoms with Crippen molar-refractivity contribution < 1.29 is 8.42 Å². The topological polar surface area (TPSA) is 70.0 Å². The third kappa shape index (κ3) is 5.01. The second-order valence-electron chi connectivity index (χ2n) is 4.72. The molecule has 0 aliphatic heterocycles. The van der Waals surface area contributed by atoms with E-state index in [0.717, 1.165) is 5.56 Å². The van der Waals surface area contributed by atoms with Crippen LogP contribution >= 0.6 is 0 Å². The Labute approximate surface area is 115 Å². The first kappa shape index (κ1) is 15.7. The quantitative estimate of drug-likeness (QED) is 0.865. The average Bonchev–Trinajstić information content (AvgIpc) is 2.38. The zero-order valence-electron chi connectivity index (χ0n) is 11.6. The van der Waals surface area contributed by atoms with Crippen molar-refractivity contribution in [1.29, 1.82) is 5.26 Å². The number of nitrogens with zero attached hydrogens (tertiary/aromatic N) is 1. The molecule has 1 aromatic rings. The predicted octanol–water partition coefficient (Wildman–Crippen LogP) is 2.03. The molecular weight excluding hydrogens is 260 g/mol. The van der Waals surface area contributed by atoms with Gasteiger partial charge in [0.1, 0.15) is 0 Å². The molecule has 0 bridgehead atoms. The van der Waals surface area contributed by atoms with Gasteiger partial charge in [0, 0.05) is 17.8 Å². The summed E-state index contributed by atoms with van der Waals surface area (Å²) in [6.45, 7) is 5.51. The molecule has 1 aromatic carbocycles. The van der Waals surface area contributed by atoms with E-state index >= 15 is 0 Å². The van der Waals surface area contributed by atoms with Gasteiger partial charge in [0.2, 0.25) is 0 Å².